The van der Waals surface area contributed by atoms with Crippen molar-refractivity contribution in [2.24, 2.45) is 5.92 Å². The first-order chi connectivity index (χ1) is 16.2. The van der Waals surface area contributed by atoms with Crippen molar-refractivity contribution in [2.75, 3.05) is 38.2 Å². The molecule has 1 aromatic heterocycles. The molecule has 1 saturated carbocycles. The molecular weight excluding hydrogens is 412 g/mol. The summed E-state index contributed by atoms with van der Waals surface area (Å²) in [5, 5.41) is 13.1. The molecule has 6 heteroatoms. The van der Waals surface area contributed by atoms with E-state index in [9.17, 15) is 5.26 Å². The molecule has 1 N–H and O–H groups in total. The van der Waals surface area contributed by atoms with E-state index in [4.69, 9.17) is 9.15 Å². The molecule has 1 saturated heterocycles. The summed E-state index contributed by atoms with van der Waals surface area (Å²) in [6.07, 6.45) is 8.64. The van der Waals surface area contributed by atoms with Crippen LogP contribution < -0.4 is 5.32 Å². The molecule has 0 unspecified atom stereocenters. The molecule has 2 heterocycles. The molecule has 33 heavy (non-hydrogen) atoms. The van der Waals surface area contributed by atoms with Gasteiger partial charge in [-0.25, -0.2) is 4.98 Å². The van der Waals surface area contributed by atoms with Crippen molar-refractivity contribution >= 4 is 5.88 Å². The molecule has 0 amide bonds. The molecule has 1 aliphatic carbocycles. The first-order valence-electron chi connectivity index (χ1n) is 12.7. The Morgan fingerprint density at radius 3 is 2.55 bits per heavy atom. The number of rotatable bonds is 9. The Balaban J connectivity index is 1.43. The van der Waals surface area contributed by atoms with Gasteiger partial charge in [-0.2, -0.15) is 5.26 Å². The fourth-order valence-electron chi connectivity index (χ4n) is 5.22. The molecule has 1 aliphatic heterocycles. The Hall–Kier alpha value is -2.36. The summed E-state index contributed by atoms with van der Waals surface area (Å²) in [7, 11) is 0. The molecule has 0 radical (unpaired) electrons. The normalized spacial score (nSPS) is 22.6. The highest BCUT2D eigenvalue weighted by Crippen LogP contribution is 2.38. The highest BCUT2D eigenvalue weighted by atomic mass is 16.5. The Bertz CT molecular complexity index is 903. The van der Waals surface area contributed by atoms with Gasteiger partial charge in [-0.05, 0) is 44.1 Å². The van der Waals surface area contributed by atoms with Crippen LogP contribution in [-0.2, 0) is 4.74 Å². The molecule has 6 nitrogen and oxygen atoms in total. The first-order valence-corrected chi connectivity index (χ1v) is 12.7. The maximum atomic E-state index is 9.69. The average molecular weight is 451 g/mol. The van der Waals surface area contributed by atoms with E-state index in [1.54, 1.807) is 0 Å². The van der Waals surface area contributed by atoms with Crippen molar-refractivity contribution in [3.05, 3.63) is 47.0 Å². The maximum Gasteiger partial charge on any atom is 0.232 e. The molecule has 0 spiro atoms. The van der Waals surface area contributed by atoms with Gasteiger partial charge in [0.15, 0.2) is 0 Å². The molecular formula is C27H38N4O2. The molecule has 1 atom stereocenters. The summed E-state index contributed by atoms with van der Waals surface area (Å²) >= 11 is 0. The number of benzene rings is 1. The average Bonchev–Trinajstić information content (AvgIpc) is 3.28. The van der Waals surface area contributed by atoms with Crippen LogP contribution in [-0.4, -0.2) is 42.7 Å². The maximum absolute atomic E-state index is 9.69. The van der Waals surface area contributed by atoms with Gasteiger partial charge in [-0.15, -0.1) is 0 Å². The van der Waals surface area contributed by atoms with E-state index < -0.39 is 0 Å². The summed E-state index contributed by atoms with van der Waals surface area (Å²) in [6.45, 7) is 8.33. The van der Waals surface area contributed by atoms with Crippen LogP contribution >= 0.6 is 0 Å². The van der Waals surface area contributed by atoms with Crippen LogP contribution in [0.25, 0.3) is 0 Å². The Labute approximate surface area is 198 Å². The Kier molecular flexibility index (Phi) is 8.41. The van der Waals surface area contributed by atoms with Gasteiger partial charge in [0.1, 0.15) is 6.07 Å². The van der Waals surface area contributed by atoms with Crippen LogP contribution in [0.15, 0.2) is 28.7 Å². The predicted molar refractivity (Wildman–Crippen MR) is 130 cm³/mol. The third-order valence-electron chi connectivity index (χ3n) is 7.32. The largest absolute Gasteiger partial charge is 0.424 e. The zero-order valence-electron chi connectivity index (χ0n) is 20.2. The van der Waals surface area contributed by atoms with Crippen molar-refractivity contribution in [3.8, 4) is 6.07 Å². The van der Waals surface area contributed by atoms with Gasteiger partial charge in [-0.1, -0.05) is 56.0 Å². The van der Waals surface area contributed by atoms with Gasteiger partial charge in [0.25, 0.3) is 0 Å². The zero-order valence-corrected chi connectivity index (χ0v) is 20.2. The SMILES string of the molecule is CCCCC1CCC(c2nc(C#N)c(NC[C@@H](c3ccc(C)cc3)N3CCOCC3)o2)CC1. The van der Waals surface area contributed by atoms with E-state index in [0.29, 0.717) is 24.0 Å². The highest BCUT2D eigenvalue weighted by Gasteiger charge is 2.28. The monoisotopic (exact) mass is 450 g/mol. The minimum atomic E-state index is 0.184. The molecule has 2 aliphatic rings. The summed E-state index contributed by atoms with van der Waals surface area (Å²) in [5.74, 6) is 2.43. The number of unbranched alkanes of at least 4 members (excludes halogenated alkanes) is 1. The predicted octanol–water partition coefficient (Wildman–Crippen LogP) is 5.80. The number of hydrogen-bond acceptors (Lipinski definition) is 6. The van der Waals surface area contributed by atoms with Gasteiger partial charge in [0, 0.05) is 25.6 Å². The second kappa shape index (κ2) is 11.7. The van der Waals surface area contributed by atoms with Crippen molar-refractivity contribution in [2.45, 2.75) is 70.8 Å². The van der Waals surface area contributed by atoms with Gasteiger partial charge >= 0.3 is 0 Å². The third-order valence-corrected chi connectivity index (χ3v) is 7.32. The first kappa shape index (κ1) is 23.8. The fourth-order valence-corrected chi connectivity index (χ4v) is 5.22. The quantitative estimate of drug-likeness (QED) is 0.520. The van der Waals surface area contributed by atoms with Crippen molar-refractivity contribution in [3.63, 3.8) is 0 Å². The molecule has 0 bridgehead atoms. The smallest absolute Gasteiger partial charge is 0.232 e. The molecule has 4 rings (SSSR count). The highest BCUT2D eigenvalue weighted by molar-refractivity contribution is 5.46. The summed E-state index contributed by atoms with van der Waals surface area (Å²) in [4.78, 5) is 7.04. The van der Waals surface area contributed by atoms with Crippen molar-refractivity contribution in [1.82, 2.24) is 9.88 Å². The van der Waals surface area contributed by atoms with Crippen LogP contribution in [0.3, 0.4) is 0 Å². The number of oxazole rings is 1. The molecule has 2 fully saturated rings. The lowest BCUT2D eigenvalue weighted by molar-refractivity contribution is 0.0186. The summed E-state index contributed by atoms with van der Waals surface area (Å²) in [5.41, 5.74) is 2.89. The van der Waals surface area contributed by atoms with E-state index in [-0.39, 0.29) is 6.04 Å². The van der Waals surface area contributed by atoms with E-state index in [2.05, 4.69) is 59.4 Å². The lowest BCUT2D eigenvalue weighted by Crippen LogP contribution is -2.41. The van der Waals surface area contributed by atoms with Crippen LogP contribution in [0.1, 0.15) is 86.5 Å². The number of morpholine rings is 1. The number of nitrogens with zero attached hydrogens (tertiary/aromatic N) is 3. The minimum Gasteiger partial charge on any atom is -0.424 e. The van der Waals surface area contributed by atoms with Crippen molar-refractivity contribution in [1.29, 1.82) is 5.26 Å². The molecule has 2 aromatic rings. The number of aryl methyl sites for hydroxylation is 1. The van der Waals surface area contributed by atoms with Crippen molar-refractivity contribution < 1.29 is 9.15 Å². The number of ether oxygens (including phenoxy) is 1. The number of nitrogens with one attached hydrogen (secondary N) is 1. The minimum absolute atomic E-state index is 0.184. The number of aromatic nitrogens is 1. The van der Waals surface area contributed by atoms with E-state index in [0.717, 1.165) is 51.0 Å². The second-order valence-corrected chi connectivity index (χ2v) is 9.66. The van der Waals surface area contributed by atoms with E-state index in [1.165, 1.54) is 43.2 Å². The molecule has 178 valence electrons. The van der Waals surface area contributed by atoms with Gasteiger partial charge in [-0.3, -0.25) is 4.90 Å². The van der Waals surface area contributed by atoms with Gasteiger partial charge in [0.2, 0.25) is 17.5 Å². The Morgan fingerprint density at radius 1 is 1.15 bits per heavy atom. The van der Waals surface area contributed by atoms with Crippen LogP contribution in [0.5, 0.6) is 0 Å². The standard InChI is InChI=1S/C27H38N4O2/c1-3-4-5-21-8-12-23(13-9-21)26-30-24(18-28)27(33-26)29-19-25(31-14-16-32-17-15-31)22-10-6-20(2)7-11-22/h6-7,10-11,21,23,25,29H,3-5,8-9,12-17,19H2,1-2H3/t21?,23?,25-/m0/s1. The van der Waals surface area contributed by atoms with Crippen LogP contribution in [0, 0.1) is 24.2 Å². The lowest BCUT2D eigenvalue weighted by Gasteiger charge is -2.35. The van der Waals surface area contributed by atoms with Gasteiger partial charge < -0.3 is 14.5 Å². The van der Waals surface area contributed by atoms with Crippen LogP contribution in [0.2, 0.25) is 0 Å². The number of nitriles is 1. The topological polar surface area (TPSA) is 74.3 Å². The fraction of sp³-hybridized carbons (Fsp3) is 0.630. The van der Waals surface area contributed by atoms with Crippen LogP contribution in [0.4, 0.5) is 5.88 Å². The lowest BCUT2D eigenvalue weighted by atomic mass is 9.80. The summed E-state index contributed by atoms with van der Waals surface area (Å²) in [6, 6.07) is 11.1. The Morgan fingerprint density at radius 2 is 1.88 bits per heavy atom. The third kappa shape index (κ3) is 6.16. The van der Waals surface area contributed by atoms with E-state index >= 15 is 0 Å². The zero-order chi connectivity index (χ0) is 23.0. The molecule has 1 aromatic carbocycles. The number of hydrogen-bond donors (Lipinski definition) is 1. The number of anilines is 1. The second-order valence-electron chi connectivity index (χ2n) is 9.66. The van der Waals surface area contributed by atoms with E-state index in [1.807, 2.05) is 0 Å². The summed E-state index contributed by atoms with van der Waals surface area (Å²) < 4.78 is 11.7. The van der Waals surface area contributed by atoms with Gasteiger partial charge in [0.05, 0.1) is 19.3 Å².